The smallest absolute Gasteiger partial charge is 0.251 e. The number of ether oxygens (including phenoxy) is 1. The predicted octanol–water partition coefficient (Wildman–Crippen LogP) is 3.85. The number of hydrogen-bond acceptors (Lipinski definition) is 8. The van der Waals surface area contributed by atoms with Gasteiger partial charge in [0.15, 0.2) is 5.82 Å². The van der Waals surface area contributed by atoms with E-state index in [0.717, 1.165) is 50.3 Å². The van der Waals surface area contributed by atoms with Gasteiger partial charge in [0.25, 0.3) is 5.91 Å². The van der Waals surface area contributed by atoms with Gasteiger partial charge in [0.2, 0.25) is 11.9 Å². The quantitative estimate of drug-likeness (QED) is 0.512. The first-order valence-electron chi connectivity index (χ1n) is 14.2. The molecule has 3 aliphatic rings. The van der Waals surface area contributed by atoms with Crippen LogP contribution in [0.15, 0.2) is 24.4 Å². The molecule has 0 radical (unpaired) electrons. The van der Waals surface area contributed by atoms with Gasteiger partial charge in [-0.15, -0.1) is 0 Å². The van der Waals surface area contributed by atoms with Crippen LogP contribution in [0.2, 0.25) is 0 Å². The number of carbonyl (C=O) groups is 2. The van der Waals surface area contributed by atoms with Gasteiger partial charge in [-0.3, -0.25) is 9.59 Å². The minimum absolute atomic E-state index is 0.0610. The number of nitrogens with one attached hydrogen (secondary N) is 3. The molecule has 2 aromatic rings. The summed E-state index contributed by atoms with van der Waals surface area (Å²) in [6, 6.07) is 5.80. The fourth-order valence-corrected chi connectivity index (χ4v) is 6.00. The number of rotatable bonds is 6. The number of piperidine rings is 1. The van der Waals surface area contributed by atoms with E-state index in [1.165, 1.54) is 19.3 Å². The van der Waals surface area contributed by atoms with Crippen molar-refractivity contribution >= 4 is 35.0 Å². The van der Waals surface area contributed by atoms with Crippen LogP contribution in [0.5, 0.6) is 5.75 Å². The number of hydrogen-bond donors (Lipinski definition) is 3. The summed E-state index contributed by atoms with van der Waals surface area (Å²) in [6.45, 7) is 6.40. The Morgan fingerprint density at radius 3 is 2.67 bits per heavy atom. The topological polar surface area (TPSA) is 112 Å². The zero-order valence-corrected chi connectivity index (χ0v) is 23.5. The number of methoxy groups -OCH3 is 1. The summed E-state index contributed by atoms with van der Waals surface area (Å²) in [7, 11) is 3.39. The van der Waals surface area contributed by atoms with Crippen molar-refractivity contribution in [2.45, 2.75) is 70.9 Å². The number of benzene rings is 1. The number of amides is 2. The largest absolute Gasteiger partial charge is 0.495 e. The highest BCUT2D eigenvalue weighted by molar-refractivity contribution is 6.01. The maximum absolute atomic E-state index is 13.3. The van der Waals surface area contributed by atoms with Gasteiger partial charge >= 0.3 is 0 Å². The number of nitrogens with zero attached hydrogens (tertiary/aromatic N) is 4. The molecule has 1 aromatic carbocycles. The molecule has 1 saturated carbocycles. The van der Waals surface area contributed by atoms with Crippen molar-refractivity contribution in [3.8, 4) is 5.75 Å². The lowest BCUT2D eigenvalue weighted by molar-refractivity contribution is -0.125. The fraction of sp³-hybridized carbons (Fsp3) is 0.586. The summed E-state index contributed by atoms with van der Waals surface area (Å²) in [5, 5.41) is 9.72. The maximum Gasteiger partial charge on any atom is 0.251 e. The second-order valence-corrected chi connectivity index (χ2v) is 11.6. The lowest BCUT2D eigenvalue weighted by Crippen LogP contribution is -2.46. The van der Waals surface area contributed by atoms with Gasteiger partial charge in [0, 0.05) is 37.8 Å². The Morgan fingerprint density at radius 2 is 1.95 bits per heavy atom. The number of fused-ring (bicyclic) bond motifs is 1. The summed E-state index contributed by atoms with van der Waals surface area (Å²) in [4.78, 5) is 39.7. The van der Waals surface area contributed by atoms with E-state index in [2.05, 4.69) is 25.8 Å². The second-order valence-electron chi connectivity index (χ2n) is 11.6. The molecule has 1 aliphatic carbocycles. The van der Waals surface area contributed by atoms with Gasteiger partial charge < -0.3 is 30.5 Å². The van der Waals surface area contributed by atoms with E-state index >= 15 is 0 Å². The average molecular weight is 536 g/mol. The van der Waals surface area contributed by atoms with Crippen LogP contribution in [0.1, 0.15) is 69.2 Å². The van der Waals surface area contributed by atoms with Crippen LogP contribution in [0.4, 0.5) is 23.1 Å². The van der Waals surface area contributed by atoms with Crippen molar-refractivity contribution in [2.75, 3.05) is 48.9 Å². The highest BCUT2D eigenvalue weighted by Gasteiger charge is 2.41. The summed E-state index contributed by atoms with van der Waals surface area (Å²) in [5.74, 6) is 1.66. The van der Waals surface area contributed by atoms with E-state index in [1.807, 2.05) is 19.9 Å². The highest BCUT2D eigenvalue weighted by atomic mass is 16.5. The van der Waals surface area contributed by atoms with Crippen molar-refractivity contribution in [3.05, 3.63) is 30.0 Å². The molecule has 10 nitrogen and oxygen atoms in total. The molecule has 10 heteroatoms. The number of anilines is 4. The minimum atomic E-state index is -0.548. The van der Waals surface area contributed by atoms with E-state index in [0.29, 0.717) is 35.5 Å². The monoisotopic (exact) mass is 535 g/mol. The van der Waals surface area contributed by atoms with Crippen molar-refractivity contribution < 1.29 is 14.3 Å². The van der Waals surface area contributed by atoms with E-state index in [-0.39, 0.29) is 17.9 Å². The summed E-state index contributed by atoms with van der Waals surface area (Å²) in [6.07, 6.45) is 9.56. The molecule has 1 unspecified atom stereocenters. The molecule has 1 aromatic heterocycles. The Kier molecular flexibility index (Phi) is 7.93. The van der Waals surface area contributed by atoms with E-state index in [1.54, 1.807) is 37.4 Å². The van der Waals surface area contributed by atoms with Crippen LogP contribution in [-0.4, -0.2) is 67.7 Å². The molecule has 0 bridgehead atoms. The second kappa shape index (κ2) is 11.4. The molecule has 0 spiro atoms. The van der Waals surface area contributed by atoms with Crippen LogP contribution in [0.3, 0.4) is 0 Å². The molecule has 1 atom stereocenters. The normalized spacial score (nSPS) is 21.6. The minimum Gasteiger partial charge on any atom is -0.495 e. The molecule has 3 heterocycles. The SMILES string of the molecule is COc1cc(C(=O)NC2CCCNC2)ccc1Nc1ncc2c(n1)N(C1CCCCC1)CC(C)(C)C(=O)N2C. The van der Waals surface area contributed by atoms with Gasteiger partial charge in [-0.2, -0.15) is 4.98 Å². The van der Waals surface area contributed by atoms with Crippen molar-refractivity contribution in [1.82, 2.24) is 20.6 Å². The average Bonchev–Trinajstić information content (AvgIpc) is 3.03. The third-order valence-corrected chi connectivity index (χ3v) is 8.19. The van der Waals surface area contributed by atoms with Gasteiger partial charge in [0.05, 0.1) is 24.4 Å². The molecule has 5 rings (SSSR count). The lowest BCUT2D eigenvalue weighted by Gasteiger charge is -2.38. The fourth-order valence-electron chi connectivity index (χ4n) is 6.00. The molecule has 210 valence electrons. The first-order chi connectivity index (χ1) is 18.8. The Morgan fingerprint density at radius 1 is 1.15 bits per heavy atom. The van der Waals surface area contributed by atoms with Gasteiger partial charge in [-0.25, -0.2) is 4.98 Å². The van der Waals surface area contributed by atoms with E-state index in [4.69, 9.17) is 9.72 Å². The standard InChI is InChI=1S/C29H41N7O3/c1-29(2)18-36(21-10-6-5-7-11-21)25-23(35(3)27(29)38)17-31-28(34-25)33-22-13-12-19(15-24(22)39-4)26(37)32-20-9-8-14-30-16-20/h12-13,15,17,20-21,30H,5-11,14,16,18H2,1-4H3,(H,32,37)(H,31,33,34). The van der Waals surface area contributed by atoms with Gasteiger partial charge in [-0.1, -0.05) is 19.3 Å². The van der Waals surface area contributed by atoms with Crippen molar-refractivity contribution in [3.63, 3.8) is 0 Å². The van der Waals surface area contributed by atoms with Crippen molar-refractivity contribution in [2.24, 2.45) is 5.41 Å². The van der Waals surface area contributed by atoms with E-state index in [9.17, 15) is 9.59 Å². The Bertz CT molecular complexity index is 1210. The number of aromatic nitrogens is 2. The third-order valence-electron chi connectivity index (χ3n) is 8.19. The van der Waals surface area contributed by atoms with E-state index < -0.39 is 5.41 Å². The van der Waals surface area contributed by atoms with Crippen LogP contribution in [-0.2, 0) is 4.79 Å². The zero-order valence-electron chi connectivity index (χ0n) is 23.5. The first-order valence-corrected chi connectivity index (χ1v) is 14.2. The molecular formula is C29H41N7O3. The predicted molar refractivity (Wildman–Crippen MR) is 153 cm³/mol. The maximum atomic E-state index is 13.3. The lowest BCUT2D eigenvalue weighted by atomic mass is 9.88. The molecule has 3 N–H and O–H groups in total. The van der Waals surface area contributed by atoms with Crippen LogP contribution < -0.4 is 30.5 Å². The molecule has 2 fully saturated rings. The Labute approximate surface area is 230 Å². The van der Waals surface area contributed by atoms with Gasteiger partial charge in [-0.05, 0) is 64.3 Å². The number of carbonyl (C=O) groups excluding carboxylic acids is 2. The molecule has 2 aliphatic heterocycles. The Balaban J connectivity index is 1.41. The molecule has 1 saturated heterocycles. The summed E-state index contributed by atoms with van der Waals surface area (Å²) < 4.78 is 5.63. The molecule has 2 amide bonds. The van der Waals surface area contributed by atoms with Crippen LogP contribution >= 0.6 is 0 Å². The van der Waals surface area contributed by atoms with Crippen LogP contribution in [0.25, 0.3) is 0 Å². The summed E-state index contributed by atoms with van der Waals surface area (Å²) >= 11 is 0. The van der Waals surface area contributed by atoms with Crippen molar-refractivity contribution in [1.29, 1.82) is 0 Å². The third kappa shape index (κ3) is 5.80. The zero-order chi connectivity index (χ0) is 27.6. The van der Waals surface area contributed by atoms with Crippen LogP contribution in [0, 0.1) is 5.41 Å². The van der Waals surface area contributed by atoms with Gasteiger partial charge in [0.1, 0.15) is 11.4 Å². The Hall–Kier alpha value is -3.40. The molecular weight excluding hydrogens is 494 g/mol. The molecule has 39 heavy (non-hydrogen) atoms. The first kappa shape index (κ1) is 27.2. The highest BCUT2D eigenvalue weighted by Crippen LogP contribution is 2.40. The summed E-state index contributed by atoms with van der Waals surface area (Å²) in [5.41, 5.74) is 1.37.